The maximum absolute atomic E-state index is 12.9. The third kappa shape index (κ3) is 3.42. The van der Waals surface area contributed by atoms with E-state index in [1.165, 1.54) is 23.3 Å². The Morgan fingerprint density at radius 2 is 1.74 bits per heavy atom. The Hall–Kier alpha value is -1.67. The van der Waals surface area contributed by atoms with Crippen LogP contribution in [0, 0.1) is 5.82 Å². The quantitative estimate of drug-likeness (QED) is 0.857. The van der Waals surface area contributed by atoms with E-state index in [0.717, 1.165) is 18.4 Å². The van der Waals surface area contributed by atoms with E-state index in [2.05, 4.69) is 36.5 Å². The van der Waals surface area contributed by atoms with Crippen molar-refractivity contribution in [1.29, 1.82) is 0 Å². The summed E-state index contributed by atoms with van der Waals surface area (Å²) >= 11 is 0. The zero-order valence-corrected chi connectivity index (χ0v) is 11.5. The Bertz CT molecular complexity index is 519. The number of rotatable bonds is 5. The molecule has 0 heterocycles. The second kappa shape index (κ2) is 6.48. The van der Waals surface area contributed by atoms with Crippen molar-refractivity contribution in [2.45, 2.75) is 25.8 Å². The first-order chi connectivity index (χ1) is 9.24. The van der Waals surface area contributed by atoms with Crippen molar-refractivity contribution in [3.05, 3.63) is 71.0 Å². The standard InChI is InChI=1S/C17H20FN/c1-3-14-6-4-5-7-16(14)17(19-2)12-13-8-10-15(18)11-9-13/h4-11,17,19H,3,12H2,1-2H3. The van der Waals surface area contributed by atoms with Gasteiger partial charge >= 0.3 is 0 Å². The summed E-state index contributed by atoms with van der Waals surface area (Å²) in [6.45, 7) is 2.17. The molecule has 2 aromatic carbocycles. The molecule has 2 aromatic rings. The predicted molar refractivity (Wildman–Crippen MR) is 77.7 cm³/mol. The van der Waals surface area contributed by atoms with Crippen molar-refractivity contribution >= 4 is 0 Å². The van der Waals surface area contributed by atoms with Crippen LogP contribution in [0.25, 0.3) is 0 Å². The van der Waals surface area contributed by atoms with Gasteiger partial charge in [-0.15, -0.1) is 0 Å². The maximum atomic E-state index is 12.9. The van der Waals surface area contributed by atoms with Gasteiger partial charge in [-0.3, -0.25) is 0 Å². The Balaban J connectivity index is 2.22. The van der Waals surface area contributed by atoms with E-state index >= 15 is 0 Å². The summed E-state index contributed by atoms with van der Waals surface area (Å²) in [6, 6.07) is 15.5. The average Bonchev–Trinajstić information content (AvgIpc) is 2.46. The van der Waals surface area contributed by atoms with E-state index in [1.807, 2.05) is 19.2 Å². The van der Waals surface area contributed by atoms with Gasteiger partial charge < -0.3 is 5.32 Å². The van der Waals surface area contributed by atoms with Crippen molar-refractivity contribution in [2.24, 2.45) is 0 Å². The number of likely N-dealkylation sites (N-methyl/N-ethyl adjacent to an activating group) is 1. The highest BCUT2D eigenvalue weighted by Gasteiger charge is 2.13. The van der Waals surface area contributed by atoms with Crippen LogP contribution >= 0.6 is 0 Å². The molecular formula is C17H20FN. The highest BCUT2D eigenvalue weighted by Crippen LogP contribution is 2.22. The van der Waals surface area contributed by atoms with Gasteiger partial charge in [-0.1, -0.05) is 43.3 Å². The van der Waals surface area contributed by atoms with Crippen LogP contribution in [-0.4, -0.2) is 7.05 Å². The fourth-order valence-electron chi connectivity index (χ4n) is 2.42. The van der Waals surface area contributed by atoms with E-state index in [0.29, 0.717) is 0 Å². The molecule has 2 rings (SSSR count). The van der Waals surface area contributed by atoms with E-state index in [-0.39, 0.29) is 11.9 Å². The molecule has 0 aliphatic rings. The smallest absolute Gasteiger partial charge is 0.123 e. The van der Waals surface area contributed by atoms with Crippen molar-refractivity contribution in [1.82, 2.24) is 5.32 Å². The fraction of sp³-hybridized carbons (Fsp3) is 0.294. The van der Waals surface area contributed by atoms with Gasteiger partial charge in [-0.2, -0.15) is 0 Å². The molecule has 2 heteroatoms. The summed E-state index contributed by atoms with van der Waals surface area (Å²) < 4.78 is 12.9. The highest BCUT2D eigenvalue weighted by molar-refractivity contribution is 5.31. The lowest BCUT2D eigenvalue weighted by atomic mass is 9.94. The van der Waals surface area contributed by atoms with Gasteiger partial charge in [0.25, 0.3) is 0 Å². The molecule has 0 radical (unpaired) electrons. The molecule has 0 amide bonds. The Labute approximate surface area is 114 Å². The van der Waals surface area contributed by atoms with Crippen LogP contribution in [0.4, 0.5) is 4.39 Å². The van der Waals surface area contributed by atoms with Crippen molar-refractivity contribution in [2.75, 3.05) is 7.05 Å². The predicted octanol–water partition coefficient (Wildman–Crippen LogP) is 3.89. The molecule has 19 heavy (non-hydrogen) atoms. The van der Waals surface area contributed by atoms with Gasteiger partial charge in [-0.25, -0.2) is 4.39 Å². The Kier molecular flexibility index (Phi) is 4.69. The summed E-state index contributed by atoms with van der Waals surface area (Å²) in [4.78, 5) is 0. The molecular weight excluding hydrogens is 237 g/mol. The van der Waals surface area contributed by atoms with Gasteiger partial charge in [0.15, 0.2) is 0 Å². The van der Waals surface area contributed by atoms with E-state index < -0.39 is 0 Å². The second-order valence-electron chi connectivity index (χ2n) is 4.72. The van der Waals surface area contributed by atoms with Crippen molar-refractivity contribution < 1.29 is 4.39 Å². The average molecular weight is 257 g/mol. The van der Waals surface area contributed by atoms with Gasteiger partial charge in [0.05, 0.1) is 0 Å². The van der Waals surface area contributed by atoms with E-state index in [9.17, 15) is 4.39 Å². The normalized spacial score (nSPS) is 12.4. The highest BCUT2D eigenvalue weighted by atomic mass is 19.1. The number of halogens is 1. The molecule has 1 atom stereocenters. The number of nitrogens with one attached hydrogen (secondary N) is 1. The molecule has 0 aromatic heterocycles. The second-order valence-corrected chi connectivity index (χ2v) is 4.72. The Morgan fingerprint density at radius 3 is 2.37 bits per heavy atom. The Morgan fingerprint density at radius 1 is 1.05 bits per heavy atom. The molecule has 100 valence electrons. The third-order valence-electron chi connectivity index (χ3n) is 3.51. The van der Waals surface area contributed by atoms with Crippen LogP contribution in [-0.2, 0) is 12.8 Å². The summed E-state index contributed by atoms with van der Waals surface area (Å²) in [5.74, 6) is -0.182. The van der Waals surface area contributed by atoms with Crippen LogP contribution in [0.5, 0.6) is 0 Å². The largest absolute Gasteiger partial charge is 0.313 e. The summed E-state index contributed by atoms with van der Waals surface area (Å²) in [5.41, 5.74) is 3.84. The number of hydrogen-bond acceptors (Lipinski definition) is 1. The summed E-state index contributed by atoms with van der Waals surface area (Å²) in [6.07, 6.45) is 1.89. The van der Waals surface area contributed by atoms with Gasteiger partial charge in [0.2, 0.25) is 0 Å². The first kappa shape index (κ1) is 13.8. The molecule has 0 bridgehead atoms. The SMILES string of the molecule is CCc1ccccc1C(Cc1ccc(F)cc1)NC. The molecule has 0 saturated carbocycles. The maximum Gasteiger partial charge on any atom is 0.123 e. The van der Waals surface area contributed by atoms with E-state index in [1.54, 1.807) is 0 Å². The summed E-state index contributed by atoms with van der Waals surface area (Å²) in [7, 11) is 1.97. The molecule has 0 aliphatic carbocycles. The molecule has 1 N–H and O–H groups in total. The number of benzene rings is 2. The number of hydrogen-bond donors (Lipinski definition) is 1. The minimum atomic E-state index is -0.182. The number of aryl methyl sites for hydroxylation is 1. The van der Waals surface area contributed by atoms with Crippen molar-refractivity contribution in [3.8, 4) is 0 Å². The lowest BCUT2D eigenvalue weighted by Crippen LogP contribution is -2.20. The molecule has 0 spiro atoms. The lowest BCUT2D eigenvalue weighted by Gasteiger charge is -2.20. The van der Waals surface area contributed by atoms with Gasteiger partial charge in [0.1, 0.15) is 5.82 Å². The minimum Gasteiger partial charge on any atom is -0.313 e. The van der Waals surface area contributed by atoms with E-state index in [4.69, 9.17) is 0 Å². The van der Waals surface area contributed by atoms with Crippen LogP contribution < -0.4 is 5.32 Å². The summed E-state index contributed by atoms with van der Waals surface area (Å²) in [5, 5.41) is 3.36. The zero-order valence-electron chi connectivity index (χ0n) is 11.5. The lowest BCUT2D eigenvalue weighted by molar-refractivity contribution is 0.584. The zero-order chi connectivity index (χ0) is 13.7. The minimum absolute atomic E-state index is 0.182. The van der Waals surface area contributed by atoms with Crippen LogP contribution in [0.2, 0.25) is 0 Å². The molecule has 1 unspecified atom stereocenters. The van der Waals surface area contributed by atoms with Gasteiger partial charge in [0, 0.05) is 6.04 Å². The molecule has 1 nitrogen and oxygen atoms in total. The molecule has 0 saturated heterocycles. The fourth-order valence-corrected chi connectivity index (χ4v) is 2.42. The van der Waals surface area contributed by atoms with Gasteiger partial charge in [-0.05, 0) is 48.7 Å². The van der Waals surface area contributed by atoms with Crippen LogP contribution in [0.1, 0.15) is 29.7 Å². The molecule has 0 aliphatic heterocycles. The van der Waals surface area contributed by atoms with Crippen molar-refractivity contribution in [3.63, 3.8) is 0 Å². The molecule has 0 fully saturated rings. The first-order valence-corrected chi connectivity index (χ1v) is 6.74. The van der Waals surface area contributed by atoms with Crippen LogP contribution in [0.15, 0.2) is 48.5 Å². The van der Waals surface area contributed by atoms with Crippen LogP contribution in [0.3, 0.4) is 0 Å². The monoisotopic (exact) mass is 257 g/mol. The third-order valence-corrected chi connectivity index (χ3v) is 3.51. The first-order valence-electron chi connectivity index (χ1n) is 6.74. The topological polar surface area (TPSA) is 12.0 Å².